The lowest BCUT2D eigenvalue weighted by molar-refractivity contribution is 0.224. The number of allylic oxidation sites excluding steroid dienone is 2. The molecule has 8 heavy (non-hydrogen) atoms. The number of fused-ring (bicyclic) bond motifs is 4. The van der Waals surface area contributed by atoms with E-state index in [-0.39, 0.29) is 0 Å². The Morgan fingerprint density at radius 3 is 3.00 bits per heavy atom. The Balaban J connectivity index is 2.00. The smallest absolute Gasteiger partial charge is 0.0168 e. The van der Waals surface area contributed by atoms with Gasteiger partial charge in [-0.25, -0.2) is 0 Å². The summed E-state index contributed by atoms with van der Waals surface area (Å²) in [5.74, 6) is 4.54. The molecule has 0 aromatic rings. The Hall–Kier alpha value is -0.260. The lowest BCUT2D eigenvalue weighted by Gasteiger charge is -2.28. The first kappa shape index (κ1) is 3.71. The van der Waals surface area contributed by atoms with Crippen LogP contribution in [-0.4, -0.2) is 0 Å². The average Bonchev–Trinajstić information content (AvgIpc) is 2.34. The molecule has 2 fully saturated rings. The van der Waals surface area contributed by atoms with Crippen molar-refractivity contribution in [3.8, 4) is 0 Å². The second-order valence-electron chi connectivity index (χ2n) is 3.47. The quantitative estimate of drug-likeness (QED) is 0.413. The van der Waals surface area contributed by atoms with E-state index < -0.39 is 0 Å². The van der Waals surface area contributed by atoms with Gasteiger partial charge in [-0.05, 0) is 36.5 Å². The van der Waals surface area contributed by atoms with Gasteiger partial charge in [0.1, 0.15) is 0 Å². The molecule has 0 spiro atoms. The molecule has 3 rings (SSSR count). The summed E-state index contributed by atoms with van der Waals surface area (Å²) < 4.78 is 0. The molecule has 0 amide bonds. The summed E-state index contributed by atoms with van der Waals surface area (Å²) in [5, 5.41) is 0. The summed E-state index contributed by atoms with van der Waals surface area (Å²) >= 11 is 0. The fourth-order valence-electron chi connectivity index (χ4n) is 2.64. The summed E-state index contributed by atoms with van der Waals surface area (Å²) in [7, 11) is 0. The third-order valence-corrected chi connectivity index (χ3v) is 3.20. The maximum absolute atomic E-state index is 2.44. The van der Waals surface area contributed by atoms with E-state index in [9.17, 15) is 0 Å². The Labute approximate surface area is 49.6 Å². The third kappa shape index (κ3) is 0.229. The highest BCUT2D eigenvalue weighted by Gasteiger charge is 2.60. The van der Waals surface area contributed by atoms with Crippen LogP contribution in [0.25, 0.3) is 0 Å². The number of rotatable bonds is 0. The first-order valence-electron chi connectivity index (χ1n) is 3.63. The zero-order valence-corrected chi connectivity index (χ0v) is 4.88. The molecule has 0 aromatic heterocycles. The first-order chi connectivity index (χ1) is 3.97. The Bertz CT molecular complexity index is 157. The predicted molar refractivity (Wildman–Crippen MR) is 32.3 cm³/mol. The molecule has 2 saturated carbocycles. The molecule has 0 saturated heterocycles. The summed E-state index contributed by atoms with van der Waals surface area (Å²) in [6.45, 7) is 0. The van der Waals surface area contributed by atoms with Crippen LogP contribution in [-0.2, 0) is 0 Å². The van der Waals surface area contributed by atoms with Crippen molar-refractivity contribution >= 4 is 0 Å². The van der Waals surface area contributed by atoms with Gasteiger partial charge in [0.05, 0.1) is 0 Å². The van der Waals surface area contributed by atoms with Gasteiger partial charge in [-0.1, -0.05) is 12.2 Å². The maximum Gasteiger partial charge on any atom is -0.0168 e. The van der Waals surface area contributed by atoms with Crippen LogP contribution in [0, 0.1) is 23.7 Å². The molecule has 0 aliphatic heterocycles. The lowest BCUT2D eigenvalue weighted by Crippen LogP contribution is -2.23. The van der Waals surface area contributed by atoms with Gasteiger partial charge < -0.3 is 0 Å². The topological polar surface area (TPSA) is 0 Å². The first-order valence-corrected chi connectivity index (χ1v) is 3.63. The van der Waals surface area contributed by atoms with Crippen molar-refractivity contribution in [2.24, 2.45) is 23.7 Å². The van der Waals surface area contributed by atoms with E-state index in [1.54, 1.807) is 6.42 Å². The predicted octanol–water partition coefficient (Wildman–Crippen LogP) is 1.83. The molecule has 0 heterocycles. The fraction of sp³-hybridized carbons (Fsp3) is 0.750. The normalized spacial score (nSPS) is 64.0. The van der Waals surface area contributed by atoms with Gasteiger partial charge >= 0.3 is 0 Å². The standard InChI is InChI=1S/C8H10/c1-2-5-6(3-1)8-4-7(5)8/h1-2,5-8H,3-4H2. The Morgan fingerprint density at radius 1 is 1.12 bits per heavy atom. The molecule has 0 nitrogen and oxygen atoms in total. The second-order valence-corrected chi connectivity index (χ2v) is 3.47. The van der Waals surface area contributed by atoms with Crippen molar-refractivity contribution in [2.45, 2.75) is 12.8 Å². The molecule has 4 unspecified atom stereocenters. The average molecular weight is 106 g/mol. The summed E-state index contributed by atoms with van der Waals surface area (Å²) in [5.41, 5.74) is 0. The monoisotopic (exact) mass is 106 g/mol. The highest BCUT2D eigenvalue weighted by Crippen LogP contribution is 2.67. The van der Waals surface area contributed by atoms with Crippen LogP contribution in [0.4, 0.5) is 0 Å². The zero-order chi connectivity index (χ0) is 5.14. The van der Waals surface area contributed by atoms with Crippen LogP contribution >= 0.6 is 0 Å². The van der Waals surface area contributed by atoms with Crippen molar-refractivity contribution in [2.75, 3.05) is 0 Å². The van der Waals surface area contributed by atoms with Crippen molar-refractivity contribution in [3.05, 3.63) is 12.2 Å². The molecule has 0 radical (unpaired) electrons. The minimum Gasteiger partial charge on any atom is -0.0879 e. The van der Waals surface area contributed by atoms with Crippen LogP contribution in [0.15, 0.2) is 12.2 Å². The highest BCUT2D eigenvalue weighted by molar-refractivity contribution is 5.20. The largest absolute Gasteiger partial charge is 0.0879 e. The second kappa shape index (κ2) is 0.896. The lowest BCUT2D eigenvalue weighted by atomic mass is 9.76. The van der Waals surface area contributed by atoms with Gasteiger partial charge in [-0.15, -0.1) is 0 Å². The van der Waals surface area contributed by atoms with Crippen LogP contribution in [0.5, 0.6) is 0 Å². The number of hydrogen-bond donors (Lipinski definition) is 0. The fourth-order valence-corrected chi connectivity index (χ4v) is 2.64. The summed E-state index contributed by atoms with van der Waals surface area (Å²) in [6, 6.07) is 0. The van der Waals surface area contributed by atoms with Gasteiger partial charge in [0.2, 0.25) is 0 Å². The SMILES string of the molecule is C1=CC2C(C1)C1CC21. The molecule has 0 aromatic carbocycles. The molecule has 3 aliphatic carbocycles. The van der Waals surface area contributed by atoms with E-state index in [0.29, 0.717) is 0 Å². The molecule has 0 heteroatoms. The van der Waals surface area contributed by atoms with Gasteiger partial charge in [-0.2, -0.15) is 0 Å². The third-order valence-electron chi connectivity index (χ3n) is 3.20. The van der Waals surface area contributed by atoms with Crippen LogP contribution in [0.1, 0.15) is 12.8 Å². The minimum absolute atomic E-state index is 1.06. The molecule has 3 aliphatic rings. The molecule has 0 bridgehead atoms. The zero-order valence-electron chi connectivity index (χ0n) is 4.88. The van der Waals surface area contributed by atoms with E-state index in [4.69, 9.17) is 0 Å². The minimum atomic E-state index is 1.06. The van der Waals surface area contributed by atoms with E-state index >= 15 is 0 Å². The number of hydrogen-bond acceptors (Lipinski definition) is 0. The van der Waals surface area contributed by atoms with Crippen molar-refractivity contribution < 1.29 is 0 Å². The van der Waals surface area contributed by atoms with Gasteiger partial charge in [-0.3, -0.25) is 0 Å². The van der Waals surface area contributed by atoms with E-state index in [1.165, 1.54) is 18.3 Å². The Kier molecular flexibility index (Phi) is 0.415. The van der Waals surface area contributed by atoms with Gasteiger partial charge in [0.15, 0.2) is 0 Å². The van der Waals surface area contributed by atoms with Crippen molar-refractivity contribution in [3.63, 3.8) is 0 Å². The van der Waals surface area contributed by atoms with Gasteiger partial charge in [0, 0.05) is 0 Å². The van der Waals surface area contributed by atoms with E-state index in [0.717, 1.165) is 11.8 Å². The maximum atomic E-state index is 2.44. The van der Waals surface area contributed by atoms with Crippen LogP contribution in [0.3, 0.4) is 0 Å². The summed E-state index contributed by atoms with van der Waals surface area (Å²) in [6.07, 6.45) is 7.80. The molecule has 0 N–H and O–H groups in total. The molecular weight excluding hydrogens is 96.1 g/mol. The van der Waals surface area contributed by atoms with Crippen molar-refractivity contribution in [1.82, 2.24) is 0 Å². The molecular formula is C8H10. The van der Waals surface area contributed by atoms with Crippen LogP contribution in [0.2, 0.25) is 0 Å². The molecule has 42 valence electrons. The summed E-state index contributed by atoms with van der Waals surface area (Å²) in [4.78, 5) is 0. The van der Waals surface area contributed by atoms with E-state index in [2.05, 4.69) is 12.2 Å². The van der Waals surface area contributed by atoms with Crippen LogP contribution < -0.4 is 0 Å². The van der Waals surface area contributed by atoms with E-state index in [1.807, 2.05) is 0 Å². The van der Waals surface area contributed by atoms with Crippen molar-refractivity contribution in [1.29, 1.82) is 0 Å². The molecule has 4 atom stereocenters. The Morgan fingerprint density at radius 2 is 2.12 bits per heavy atom. The highest BCUT2D eigenvalue weighted by atomic mass is 14.6. The van der Waals surface area contributed by atoms with Gasteiger partial charge in [0.25, 0.3) is 0 Å².